The Balaban J connectivity index is 1.83. The fourth-order valence-corrected chi connectivity index (χ4v) is 2.40. The van der Waals surface area contributed by atoms with Crippen LogP contribution in [0.5, 0.6) is 0 Å². The van der Waals surface area contributed by atoms with Crippen LogP contribution in [-0.2, 0) is 38.1 Å². The number of carbonyl (C=O) groups is 4. The third-order valence-corrected chi connectivity index (χ3v) is 3.42. The van der Waals surface area contributed by atoms with Gasteiger partial charge in [0, 0.05) is 12.2 Å². The molecule has 2 N–H and O–H groups in total. The Hall–Kier alpha value is -2.46. The van der Waals surface area contributed by atoms with Crippen LogP contribution in [0, 0.1) is 0 Å². The van der Waals surface area contributed by atoms with Gasteiger partial charge >= 0.3 is 23.9 Å². The topological polar surface area (TPSA) is 146 Å². The van der Waals surface area contributed by atoms with E-state index in [2.05, 4.69) is 0 Å². The Kier molecular flexibility index (Phi) is 5.88. The third kappa shape index (κ3) is 4.77. The molecule has 0 aromatic carbocycles. The van der Waals surface area contributed by atoms with Crippen molar-refractivity contribution in [3.63, 3.8) is 0 Å². The summed E-state index contributed by atoms with van der Waals surface area (Å²) in [5.74, 6) is -3.92. The first-order chi connectivity index (χ1) is 11.4. The van der Waals surface area contributed by atoms with Crippen molar-refractivity contribution in [3.8, 4) is 0 Å². The highest BCUT2D eigenvalue weighted by molar-refractivity contribution is 5.90. The second-order valence-corrected chi connectivity index (χ2v) is 5.16. The molecule has 0 bridgehead atoms. The molecule has 0 unspecified atom stereocenters. The molecule has 2 aliphatic rings. The van der Waals surface area contributed by atoms with E-state index in [1.54, 1.807) is 0 Å². The molecule has 0 radical (unpaired) electrons. The molecule has 2 rings (SSSR count). The summed E-state index contributed by atoms with van der Waals surface area (Å²) in [5.41, 5.74) is 0. The average Bonchev–Trinajstić information content (AvgIpc) is 3.07. The first-order valence-corrected chi connectivity index (χ1v) is 7.13. The summed E-state index contributed by atoms with van der Waals surface area (Å²) in [6, 6.07) is 0. The maximum Gasteiger partial charge on any atom is 0.331 e. The zero-order chi connectivity index (χ0) is 17.7. The van der Waals surface area contributed by atoms with Gasteiger partial charge in [-0.25, -0.2) is 9.59 Å². The van der Waals surface area contributed by atoms with Crippen LogP contribution in [0.3, 0.4) is 0 Å². The lowest BCUT2D eigenvalue weighted by molar-refractivity contribution is -0.156. The van der Waals surface area contributed by atoms with Gasteiger partial charge in [0.15, 0.2) is 12.2 Å². The van der Waals surface area contributed by atoms with Crippen molar-refractivity contribution in [2.75, 3.05) is 13.2 Å². The highest BCUT2D eigenvalue weighted by atomic mass is 16.7. The Morgan fingerprint density at radius 1 is 0.917 bits per heavy atom. The second kappa shape index (κ2) is 7.88. The van der Waals surface area contributed by atoms with Crippen LogP contribution in [-0.4, -0.2) is 71.7 Å². The summed E-state index contributed by atoms with van der Waals surface area (Å²) in [5, 5.41) is 17.0. The SMILES string of the molecule is O=C(O)C=CC(=O)O[C@H]1CO[C@H]2[C@@H]1OC[C@@H]2OC(=O)CCC(=O)O. The van der Waals surface area contributed by atoms with Crippen molar-refractivity contribution in [1.82, 2.24) is 0 Å². The minimum Gasteiger partial charge on any atom is -0.481 e. The molecule has 2 fully saturated rings. The third-order valence-electron chi connectivity index (χ3n) is 3.42. The van der Waals surface area contributed by atoms with Gasteiger partial charge in [-0.15, -0.1) is 0 Å². The molecule has 0 aromatic heterocycles. The normalized spacial score (nSPS) is 28.5. The van der Waals surface area contributed by atoms with Gasteiger partial charge in [0.25, 0.3) is 0 Å². The Labute approximate surface area is 135 Å². The van der Waals surface area contributed by atoms with Crippen LogP contribution in [0.15, 0.2) is 12.2 Å². The van der Waals surface area contributed by atoms with E-state index in [1.165, 1.54) is 0 Å². The molecule has 0 saturated carbocycles. The molecule has 10 nitrogen and oxygen atoms in total. The monoisotopic (exact) mass is 344 g/mol. The number of hydrogen-bond acceptors (Lipinski definition) is 8. The summed E-state index contributed by atoms with van der Waals surface area (Å²) in [4.78, 5) is 43.8. The number of ether oxygens (including phenoxy) is 4. The highest BCUT2D eigenvalue weighted by Crippen LogP contribution is 2.30. The Bertz CT molecular complexity index is 554. The molecule has 10 heteroatoms. The number of carboxylic acids is 2. The van der Waals surface area contributed by atoms with E-state index in [9.17, 15) is 19.2 Å². The van der Waals surface area contributed by atoms with Gasteiger partial charge in [0.1, 0.15) is 12.2 Å². The molecule has 0 aromatic rings. The number of carbonyl (C=O) groups excluding carboxylic acids is 2. The molecule has 4 atom stereocenters. The summed E-state index contributed by atoms with van der Waals surface area (Å²) >= 11 is 0. The minimum absolute atomic E-state index is 0.0190. The smallest absolute Gasteiger partial charge is 0.331 e. The van der Waals surface area contributed by atoms with Gasteiger partial charge in [0.2, 0.25) is 0 Å². The number of aliphatic carboxylic acids is 2. The molecule has 132 valence electrons. The van der Waals surface area contributed by atoms with E-state index in [0.29, 0.717) is 6.08 Å². The quantitative estimate of drug-likeness (QED) is 0.440. The van der Waals surface area contributed by atoms with Crippen LogP contribution in [0.1, 0.15) is 12.8 Å². The molecule has 0 aliphatic carbocycles. The van der Waals surface area contributed by atoms with E-state index in [0.717, 1.165) is 6.08 Å². The molecule has 0 amide bonds. The van der Waals surface area contributed by atoms with Crippen LogP contribution in [0.25, 0.3) is 0 Å². The molecule has 2 heterocycles. The van der Waals surface area contributed by atoms with Crippen molar-refractivity contribution in [1.29, 1.82) is 0 Å². The van der Waals surface area contributed by atoms with E-state index in [4.69, 9.17) is 29.2 Å². The van der Waals surface area contributed by atoms with Crippen molar-refractivity contribution in [2.24, 2.45) is 0 Å². The lowest BCUT2D eigenvalue weighted by atomic mass is 10.1. The number of hydrogen-bond donors (Lipinski definition) is 2. The van der Waals surface area contributed by atoms with Crippen LogP contribution in [0.2, 0.25) is 0 Å². The zero-order valence-electron chi connectivity index (χ0n) is 12.5. The van der Waals surface area contributed by atoms with Gasteiger partial charge in [-0.05, 0) is 0 Å². The molecular formula is C14H16O10. The average molecular weight is 344 g/mol. The van der Waals surface area contributed by atoms with Gasteiger partial charge in [-0.3, -0.25) is 9.59 Å². The summed E-state index contributed by atoms with van der Waals surface area (Å²) in [7, 11) is 0. The van der Waals surface area contributed by atoms with Crippen LogP contribution >= 0.6 is 0 Å². The van der Waals surface area contributed by atoms with Crippen molar-refractivity contribution < 1.29 is 48.3 Å². The van der Waals surface area contributed by atoms with Crippen LogP contribution < -0.4 is 0 Å². The summed E-state index contributed by atoms with van der Waals surface area (Å²) in [6.45, 7) is 0.0539. The Morgan fingerprint density at radius 2 is 1.50 bits per heavy atom. The minimum atomic E-state index is -1.28. The zero-order valence-corrected chi connectivity index (χ0v) is 12.5. The van der Waals surface area contributed by atoms with Crippen molar-refractivity contribution >= 4 is 23.9 Å². The first-order valence-electron chi connectivity index (χ1n) is 7.13. The van der Waals surface area contributed by atoms with Gasteiger partial charge in [0.05, 0.1) is 26.1 Å². The number of carboxylic acid groups (broad SMARTS) is 2. The van der Waals surface area contributed by atoms with Gasteiger partial charge in [-0.2, -0.15) is 0 Å². The number of esters is 2. The fourth-order valence-electron chi connectivity index (χ4n) is 2.40. The lowest BCUT2D eigenvalue weighted by Crippen LogP contribution is -2.35. The van der Waals surface area contributed by atoms with E-state index < -0.39 is 48.3 Å². The second-order valence-electron chi connectivity index (χ2n) is 5.16. The molecule has 2 aliphatic heterocycles. The lowest BCUT2D eigenvalue weighted by Gasteiger charge is -2.16. The maximum absolute atomic E-state index is 11.6. The largest absolute Gasteiger partial charge is 0.481 e. The van der Waals surface area contributed by atoms with E-state index in [-0.39, 0.29) is 26.1 Å². The van der Waals surface area contributed by atoms with Crippen LogP contribution in [0.4, 0.5) is 0 Å². The summed E-state index contributed by atoms with van der Waals surface area (Å²) in [6.07, 6.45) is -1.89. The first kappa shape index (κ1) is 17.9. The highest BCUT2D eigenvalue weighted by Gasteiger charge is 2.51. The number of fused-ring (bicyclic) bond motifs is 1. The standard InChI is InChI=1S/C14H16O10/c15-9(16)1-3-11(19)23-7-5-21-14-8(6-22-13(7)14)24-12(20)4-2-10(17)18/h1,3,7-8,13-14H,2,4-6H2,(H,15,16)(H,17,18)/t7-,8-,13+,14+/m0/s1. The van der Waals surface area contributed by atoms with Gasteiger partial charge in [-0.1, -0.05) is 0 Å². The maximum atomic E-state index is 11.6. The predicted molar refractivity (Wildman–Crippen MR) is 72.9 cm³/mol. The number of rotatable bonds is 7. The van der Waals surface area contributed by atoms with Crippen molar-refractivity contribution in [3.05, 3.63) is 12.2 Å². The fraction of sp³-hybridized carbons (Fsp3) is 0.571. The van der Waals surface area contributed by atoms with Gasteiger partial charge < -0.3 is 29.2 Å². The summed E-state index contributed by atoms with van der Waals surface area (Å²) < 4.78 is 21.0. The molecular weight excluding hydrogens is 328 g/mol. The molecule has 24 heavy (non-hydrogen) atoms. The van der Waals surface area contributed by atoms with Crippen molar-refractivity contribution in [2.45, 2.75) is 37.3 Å². The Morgan fingerprint density at radius 3 is 2.04 bits per heavy atom. The molecule has 0 spiro atoms. The molecule has 2 saturated heterocycles. The van der Waals surface area contributed by atoms with E-state index in [1.807, 2.05) is 0 Å². The predicted octanol–water partition coefficient (Wildman–Crippen LogP) is -0.887. The van der Waals surface area contributed by atoms with E-state index >= 15 is 0 Å².